The van der Waals surface area contributed by atoms with Crippen LogP contribution in [-0.4, -0.2) is 68.7 Å². The summed E-state index contributed by atoms with van der Waals surface area (Å²) in [7, 11) is 1.60. The highest BCUT2D eigenvalue weighted by Crippen LogP contribution is 2.28. The molecule has 0 unspecified atom stereocenters. The van der Waals surface area contributed by atoms with Gasteiger partial charge >= 0.3 is 0 Å². The SMILES string of the molecule is C/C=C/c1ccc(OCC(=O)NCCN2CCN(Cc3ccccc3)CC2)c(OC)c1. The Kier molecular flexibility index (Phi) is 8.94. The van der Waals surface area contributed by atoms with Gasteiger partial charge in [0.05, 0.1) is 7.11 Å². The van der Waals surface area contributed by atoms with Gasteiger partial charge in [0.25, 0.3) is 5.91 Å². The van der Waals surface area contributed by atoms with E-state index in [4.69, 9.17) is 9.47 Å². The predicted molar refractivity (Wildman–Crippen MR) is 124 cm³/mol. The van der Waals surface area contributed by atoms with Crippen LogP contribution >= 0.6 is 0 Å². The van der Waals surface area contributed by atoms with Gasteiger partial charge in [0.1, 0.15) is 0 Å². The molecule has 1 amide bonds. The van der Waals surface area contributed by atoms with E-state index in [0.29, 0.717) is 18.0 Å². The molecule has 6 heteroatoms. The lowest BCUT2D eigenvalue weighted by Crippen LogP contribution is -2.48. The van der Waals surface area contributed by atoms with Crippen molar-refractivity contribution < 1.29 is 14.3 Å². The molecule has 0 spiro atoms. The molecule has 1 saturated heterocycles. The highest BCUT2D eigenvalue weighted by atomic mass is 16.5. The molecule has 0 aromatic heterocycles. The summed E-state index contributed by atoms with van der Waals surface area (Å²) in [6, 6.07) is 16.2. The van der Waals surface area contributed by atoms with E-state index in [1.54, 1.807) is 7.11 Å². The van der Waals surface area contributed by atoms with Gasteiger partial charge in [-0.25, -0.2) is 0 Å². The Hall–Kier alpha value is -2.83. The molecule has 1 N–H and O–H groups in total. The zero-order valence-corrected chi connectivity index (χ0v) is 18.5. The lowest BCUT2D eigenvalue weighted by molar-refractivity contribution is -0.123. The van der Waals surface area contributed by atoms with E-state index in [1.807, 2.05) is 37.3 Å². The van der Waals surface area contributed by atoms with Crippen molar-refractivity contribution in [3.8, 4) is 11.5 Å². The zero-order valence-electron chi connectivity index (χ0n) is 18.5. The number of nitrogens with one attached hydrogen (secondary N) is 1. The Morgan fingerprint density at radius 3 is 2.48 bits per heavy atom. The molecular weight excluding hydrogens is 390 g/mol. The highest BCUT2D eigenvalue weighted by Gasteiger charge is 2.17. The van der Waals surface area contributed by atoms with Crippen LogP contribution in [0.25, 0.3) is 6.08 Å². The Bertz CT molecular complexity index is 846. The molecule has 1 aliphatic heterocycles. The summed E-state index contributed by atoms with van der Waals surface area (Å²) >= 11 is 0. The van der Waals surface area contributed by atoms with Gasteiger partial charge in [-0.3, -0.25) is 14.6 Å². The molecule has 6 nitrogen and oxygen atoms in total. The second kappa shape index (κ2) is 12.1. The molecule has 1 fully saturated rings. The van der Waals surface area contributed by atoms with Gasteiger partial charge in [0, 0.05) is 45.8 Å². The van der Waals surface area contributed by atoms with Gasteiger partial charge in [-0.2, -0.15) is 0 Å². The highest BCUT2D eigenvalue weighted by molar-refractivity contribution is 5.77. The van der Waals surface area contributed by atoms with E-state index in [1.165, 1.54) is 5.56 Å². The van der Waals surface area contributed by atoms with Gasteiger partial charge in [-0.15, -0.1) is 0 Å². The average molecular weight is 424 g/mol. The van der Waals surface area contributed by atoms with Gasteiger partial charge in [0.15, 0.2) is 18.1 Å². The summed E-state index contributed by atoms with van der Waals surface area (Å²) in [6.45, 7) is 8.57. The third kappa shape index (κ3) is 7.42. The first-order valence-corrected chi connectivity index (χ1v) is 10.9. The van der Waals surface area contributed by atoms with E-state index in [-0.39, 0.29) is 12.5 Å². The van der Waals surface area contributed by atoms with Crippen molar-refractivity contribution >= 4 is 12.0 Å². The second-order valence-corrected chi connectivity index (χ2v) is 7.65. The average Bonchev–Trinajstić information content (AvgIpc) is 2.80. The number of hydrogen-bond donors (Lipinski definition) is 1. The third-order valence-electron chi connectivity index (χ3n) is 5.37. The molecule has 1 heterocycles. The molecule has 0 radical (unpaired) electrons. The maximum Gasteiger partial charge on any atom is 0.257 e. The minimum atomic E-state index is -0.123. The van der Waals surface area contributed by atoms with E-state index in [0.717, 1.165) is 44.8 Å². The zero-order chi connectivity index (χ0) is 21.9. The Morgan fingerprint density at radius 2 is 1.77 bits per heavy atom. The lowest BCUT2D eigenvalue weighted by Gasteiger charge is -2.34. The molecule has 0 saturated carbocycles. The van der Waals surface area contributed by atoms with Crippen molar-refractivity contribution in [2.75, 3.05) is 53.0 Å². The Balaban J connectivity index is 1.33. The number of allylic oxidation sites excluding steroid dienone is 1. The van der Waals surface area contributed by atoms with Gasteiger partial charge < -0.3 is 14.8 Å². The minimum absolute atomic E-state index is 0.0236. The number of ether oxygens (including phenoxy) is 2. The van der Waals surface area contributed by atoms with E-state index in [9.17, 15) is 4.79 Å². The largest absolute Gasteiger partial charge is 0.493 e. The first-order valence-electron chi connectivity index (χ1n) is 10.9. The van der Waals surface area contributed by atoms with Gasteiger partial charge in [-0.05, 0) is 30.2 Å². The normalized spacial score (nSPS) is 15.2. The van der Waals surface area contributed by atoms with Crippen molar-refractivity contribution in [2.24, 2.45) is 0 Å². The molecule has 0 aliphatic carbocycles. The van der Waals surface area contributed by atoms with Crippen LogP contribution in [0.4, 0.5) is 0 Å². The lowest BCUT2D eigenvalue weighted by atomic mass is 10.2. The number of nitrogens with zero attached hydrogens (tertiary/aromatic N) is 2. The number of carbonyl (C=O) groups excluding carboxylic acids is 1. The van der Waals surface area contributed by atoms with Gasteiger partial charge in [0.2, 0.25) is 0 Å². The Morgan fingerprint density at radius 1 is 1.03 bits per heavy atom. The summed E-state index contributed by atoms with van der Waals surface area (Å²) in [5, 5.41) is 2.95. The fourth-order valence-electron chi connectivity index (χ4n) is 3.66. The first-order chi connectivity index (χ1) is 15.2. The van der Waals surface area contributed by atoms with E-state index < -0.39 is 0 Å². The number of methoxy groups -OCH3 is 1. The van der Waals surface area contributed by atoms with Crippen molar-refractivity contribution in [3.63, 3.8) is 0 Å². The number of carbonyl (C=O) groups is 1. The standard InChI is InChI=1S/C25H33N3O3/c1-3-7-21-10-11-23(24(18-21)30-2)31-20-25(29)26-12-13-27-14-16-28(17-15-27)19-22-8-5-4-6-9-22/h3-11,18H,12-17,19-20H2,1-2H3,(H,26,29)/b7-3+. The van der Waals surface area contributed by atoms with Crippen molar-refractivity contribution in [3.05, 3.63) is 65.7 Å². The van der Waals surface area contributed by atoms with Crippen LogP contribution in [0.1, 0.15) is 18.1 Å². The monoisotopic (exact) mass is 423 g/mol. The summed E-state index contributed by atoms with van der Waals surface area (Å²) in [5.41, 5.74) is 2.39. The van der Waals surface area contributed by atoms with Crippen LogP contribution in [0.2, 0.25) is 0 Å². The smallest absolute Gasteiger partial charge is 0.257 e. The summed E-state index contributed by atoms with van der Waals surface area (Å²) in [6.07, 6.45) is 3.95. The number of piperazine rings is 1. The van der Waals surface area contributed by atoms with Crippen LogP contribution in [0.5, 0.6) is 11.5 Å². The van der Waals surface area contributed by atoms with Crippen LogP contribution in [0.3, 0.4) is 0 Å². The van der Waals surface area contributed by atoms with E-state index >= 15 is 0 Å². The van der Waals surface area contributed by atoms with Gasteiger partial charge in [-0.1, -0.05) is 48.6 Å². The summed E-state index contributed by atoms with van der Waals surface area (Å²) in [4.78, 5) is 17.0. The van der Waals surface area contributed by atoms with Crippen molar-refractivity contribution in [1.29, 1.82) is 0 Å². The second-order valence-electron chi connectivity index (χ2n) is 7.65. The topological polar surface area (TPSA) is 54.0 Å². The molecule has 2 aromatic rings. The van der Waals surface area contributed by atoms with Crippen LogP contribution in [0.15, 0.2) is 54.6 Å². The molecular formula is C25H33N3O3. The number of amides is 1. The van der Waals surface area contributed by atoms with Crippen molar-refractivity contribution in [2.45, 2.75) is 13.5 Å². The molecule has 2 aromatic carbocycles. The predicted octanol–water partition coefficient (Wildman–Crippen LogP) is 3.04. The maximum absolute atomic E-state index is 12.2. The fourth-order valence-corrected chi connectivity index (χ4v) is 3.66. The Labute approximate surface area is 185 Å². The number of rotatable bonds is 10. The van der Waals surface area contributed by atoms with Crippen LogP contribution in [-0.2, 0) is 11.3 Å². The molecule has 0 atom stereocenters. The molecule has 0 bridgehead atoms. The van der Waals surface area contributed by atoms with Crippen LogP contribution < -0.4 is 14.8 Å². The molecule has 31 heavy (non-hydrogen) atoms. The van der Waals surface area contributed by atoms with Crippen LogP contribution in [0, 0.1) is 0 Å². The van der Waals surface area contributed by atoms with E-state index in [2.05, 4.69) is 45.4 Å². The summed E-state index contributed by atoms with van der Waals surface area (Å²) in [5.74, 6) is 1.07. The maximum atomic E-state index is 12.2. The number of benzene rings is 2. The summed E-state index contributed by atoms with van der Waals surface area (Å²) < 4.78 is 11.0. The number of hydrogen-bond acceptors (Lipinski definition) is 5. The fraction of sp³-hybridized carbons (Fsp3) is 0.400. The first kappa shape index (κ1) is 22.8. The third-order valence-corrected chi connectivity index (χ3v) is 5.37. The minimum Gasteiger partial charge on any atom is -0.493 e. The molecule has 166 valence electrons. The molecule has 3 rings (SSSR count). The van der Waals surface area contributed by atoms with Crippen molar-refractivity contribution in [1.82, 2.24) is 15.1 Å². The molecule has 1 aliphatic rings. The quantitative estimate of drug-likeness (QED) is 0.637.